The molecule has 0 unspecified atom stereocenters. The molecule has 8 aromatic carbocycles. The van der Waals surface area contributed by atoms with Crippen LogP contribution in [0.3, 0.4) is 0 Å². The summed E-state index contributed by atoms with van der Waals surface area (Å²) in [6.07, 6.45) is -4.69. The number of benzene rings is 8. The number of para-hydroxylation sites is 2. The Morgan fingerprint density at radius 2 is 0.899 bits per heavy atom. The Kier molecular flexibility index (Phi) is 9.82. The highest BCUT2D eigenvalue weighted by atomic mass is 19.4. The normalized spacial score (nSPS) is 11.8. The molecule has 0 saturated carbocycles. The summed E-state index contributed by atoms with van der Waals surface area (Å²) in [5.74, 6) is 0. The molecule has 0 aliphatic carbocycles. The lowest BCUT2D eigenvalue weighted by atomic mass is 9.91. The van der Waals surface area contributed by atoms with Crippen molar-refractivity contribution < 1.29 is 13.2 Å². The molecule has 0 amide bonds. The van der Waals surface area contributed by atoms with Crippen LogP contribution in [-0.4, -0.2) is 19.1 Å². The summed E-state index contributed by atoms with van der Waals surface area (Å²) in [6, 6.07) is 70.5. The second-order valence-electron chi connectivity index (χ2n) is 17.2. The maximum Gasteiger partial charge on any atom is 0.417 e. The topological polar surface area (TPSA) is 59.4 Å². The number of nitrogens with zero attached hydrogens (tertiary/aromatic N) is 5. The Labute approximate surface area is 395 Å². The quantitative estimate of drug-likeness (QED) is 0.160. The predicted molar refractivity (Wildman–Crippen MR) is 272 cm³/mol. The molecule has 328 valence electrons. The second-order valence-corrected chi connectivity index (χ2v) is 17.2. The van der Waals surface area contributed by atoms with Gasteiger partial charge >= 0.3 is 6.18 Å². The molecule has 4 aromatic heterocycles. The number of alkyl halides is 3. The Hall–Kier alpha value is -9.06. The van der Waals surface area contributed by atoms with E-state index in [0.717, 1.165) is 89.2 Å². The Morgan fingerprint density at radius 1 is 0.435 bits per heavy atom. The monoisotopic (exact) mass is 897 g/mol. The molecular formula is C61H38F3N5. The number of aryl methyl sites for hydroxylation is 1. The SMILES string of the molecule is Cc1cccc(C(F)(F)F)c1-c1ccc(-n2c3ccccc3c3ccc(-c4cccc(-c5ccccc5)n4)cc32)c(C#N)c1-n1c2ccccc2c2ccc(-c3cccc(-c4ccccc4)n3)cc21. The average Bonchev–Trinajstić information content (AvgIpc) is 3.90. The van der Waals surface area contributed by atoms with Crippen molar-refractivity contribution in [3.8, 4) is 73.6 Å². The van der Waals surface area contributed by atoms with Crippen molar-refractivity contribution in [1.29, 1.82) is 5.26 Å². The van der Waals surface area contributed by atoms with Crippen LogP contribution in [0.1, 0.15) is 16.7 Å². The van der Waals surface area contributed by atoms with Crippen LogP contribution in [-0.2, 0) is 6.18 Å². The average molecular weight is 898 g/mol. The molecule has 0 aliphatic rings. The molecule has 4 heterocycles. The molecule has 12 rings (SSSR count). The van der Waals surface area contributed by atoms with Crippen LogP contribution in [0.4, 0.5) is 13.2 Å². The number of aromatic nitrogens is 4. The molecule has 12 aromatic rings. The Bertz CT molecular complexity index is 4030. The van der Waals surface area contributed by atoms with E-state index in [1.165, 1.54) is 6.07 Å². The zero-order chi connectivity index (χ0) is 46.8. The smallest absolute Gasteiger partial charge is 0.308 e. The fourth-order valence-electron chi connectivity index (χ4n) is 10.1. The minimum Gasteiger partial charge on any atom is -0.308 e. The number of pyridine rings is 2. The minimum atomic E-state index is -4.69. The first kappa shape index (κ1) is 41.4. The summed E-state index contributed by atoms with van der Waals surface area (Å²) >= 11 is 0. The Balaban J connectivity index is 1.17. The molecule has 0 atom stereocenters. The van der Waals surface area contributed by atoms with Gasteiger partial charge < -0.3 is 9.13 Å². The maximum atomic E-state index is 15.3. The molecule has 0 N–H and O–H groups in total. The van der Waals surface area contributed by atoms with Crippen LogP contribution in [0.25, 0.3) is 111 Å². The standard InChI is InChI=1S/C61H38F3N5/c1-38-15-12-22-49(61(62,63)64)59(38)47-33-34-56(68-54-27-10-8-20-43(54)45-31-29-41(35-57(45)68)52-25-13-23-50(66-52)39-16-4-2-5-17-39)48(37-65)60(47)69-55-28-11-9-21-44(55)46-32-30-42(36-58(46)69)53-26-14-24-51(67-53)40-18-6-3-7-19-40/h2-36H,1H3. The fourth-order valence-corrected chi connectivity index (χ4v) is 10.1. The van der Waals surface area contributed by atoms with Crippen molar-refractivity contribution >= 4 is 43.6 Å². The summed E-state index contributed by atoms with van der Waals surface area (Å²) < 4.78 is 50.1. The third-order valence-electron chi connectivity index (χ3n) is 13.2. The molecule has 0 radical (unpaired) electrons. The number of hydrogen-bond donors (Lipinski definition) is 0. The van der Waals surface area contributed by atoms with E-state index in [1.807, 2.05) is 162 Å². The van der Waals surface area contributed by atoms with Gasteiger partial charge in [0.2, 0.25) is 0 Å². The summed E-state index contributed by atoms with van der Waals surface area (Å²) in [6.45, 7) is 1.69. The van der Waals surface area contributed by atoms with E-state index >= 15 is 13.2 Å². The first-order valence-electron chi connectivity index (χ1n) is 22.6. The molecule has 0 saturated heterocycles. The lowest BCUT2D eigenvalue weighted by Gasteiger charge is -2.23. The number of halogens is 3. The van der Waals surface area contributed by atoms with Crippen LogP contribution in [0, 0.1) is 18.3 Å². The zero-order valence-corrected chi connectivity index (χ0v) is 37.1. The zero-order valence-electron chi connectivity index (χ0n) is 37.1. The van der Waals surface area contributed by atoms with Crippen LogP contribution in [0.2, 0.25) is 0 Å². The van der Waals surface area contributed by atoms with E-state index in [2.05, 4.69) is 34.9 Å². The minimum absolute atomic E-state index is 0.0104. The largest absolute Gasteiger partial charge is 0.417 e. The van der Waals surface area contributed by atoms with Crippen LogP contribution < -0.4 is 0 Å². The van der Waals surface area contributed by atoms with Gasteiger partial charge in [-0.2, -0.15) is 18.4 Å². The third kappa shape index (κ3) is 6.94. The van der Waals surface area contributed by atoms with Crippen LogP contribution >= 0.6 is 0 Å². The van der Waals surface area contributed by atoms with E-state index in [4.69, 9.17) is 9.97 Å². The highest BCUT2D eigenvalue weighted by Crippen LogP contribution is 2.47. The third-order valence-corrected chi connectivity index (χ3v) is 13.2. The van der Waals surface area contributed by atoms with Gasteiger partial charge in [-0.25, -0.2) is 9.97 Å². The first-order valence-corrected chi connectivity index (χ1v) is 22.6. The van der Waals surface area contributed by atoms with E-state index in [9.17, 15) is 5.26 Å². The van der Waals surface area contributed by atoms with Crippen molar-refractivity contribution in [1.82, 2.24) is 19.1 Å². The van der Waals surface area contributed by atoms with E-state index in [0.29, 0.717) is 22.5 Å². The molecule has 5 nitrogen and oxygen atoms in total. The van der Waals surface area contributed by atoms with Crippen molar-refractivity contribution in [2.24, 2.45) is 0 Å². The number of rotatable bonds is 7. The number of nitriles is 1. The van der Waals surface area contributed by atoms with Gasteiger partial charge in [0.25, 0.3) is 0 Å². The lowest BCUT2D eigenvalue weighted by molar-refractivity contribution is -0.137. The van der Waals surface area contributed by atoms with Crippen molar-refractivity contribution in [2.45, 2.75) is 13.1 Å². The van der Waals surface area contributed by atoms with Gasteiger partial charge in [0.15, 0.2) is 0 Å². The molecule has 0 aliphatic heterocycles. The van der Waals surface area contributed by atoms with Crippen molar-refractivity contribution in [2.75, 3.05) is 0 Å². The highest BCUT2D eigenvalue weighted by Gasteiger charge is 2.36. The van der Waals surface area contributed by atoms with Gasteiger partial charge in [0.1, 0.15) is 11.6 Å². The van der Waals surface area contributed by atoms with E-state index in [-0.39, 0.29) is 16.7 Å². The molecule has 0 fully saturated rings. The number of fused-ring (bicyclic) bond motifs is 6. The first-order chi connectivity index (χ1) is 33.7. The molecular weight excluding hydrogens is 860 g/mol. The predicted octanol–water partition coefficient (Wildman–Crippen LogP) is 16.2. The summed E-state index contributed by atoms with van der Waals surface area (Å²) in [5, 5.41) is 15.5. The molecule has 69 heavy (non-hydrogen) atoms. The van der Waals surface area contributed by atoms with Crippen molar-refractivity contribution in [3.05, 3.63) is 229 Å². The van der Waals surface area contributed by atoms with Gasteiger partial charge in [-0.3, -0.25) is 0 Å². The van der Waals surface area contributed by atoms with E-state index in [1.54, 1.807) is 25.1 Å². The van der Waals surface area contributed by atoms with Crippen LogP contribution in [0.5, 0.6) is 0 Å². The van der Waals surface area contributed by atoms with Crippen molar-refractivity contribution in [3.63, 3.8) is 0 Å². The van der Waals surface area contributed by atoms with Gasteiger partial charge in [0, 0.05) is 49.4 Å². The van der Waals surface area contributed by atoms with Gasteiger partial charge in [-0.1, -0.05) is 152 Å². The fraction of sp³-hybridized carbons (Fsp3) is 0.0328. The molecule has 8 heteroatoms. The molecule has 0 bridgehead atoms. The summed E-state index contributed by atoms with van der Waals surface area (Å²) in [7, 11) is 0. The maximum absolute atomic E-state index is 15.3. The van der Waals surface area contributed by atoms with Gasteiger partial charge in [-0.05, 0) is 78.7 Å². The summed E-state index contributed by atoms with van der Waals surface area (Å²) in [4.78, 5) is 10.2. The highest BCUT2D eigenvalue weighted by molar-refractivity contribution is 6.13. The van der Waals surface area contributed by atoms with E-state index < -0.39 is 11.7 Å². The van der Waals surface area contributed by atoms with Gasteiger partial charge in [0.05, 0.1) is 61.8 Å². The Morgan fingerprint density at radius 3 is 1.43 bits per heavy atom. The van der Waals surface area contributed by atoms with Crippen LogP contribution in [0.15, 0.2) is 212 Å². The number of hydrogen-bond acceptors (Lipinski definition) is 3. The lowest BCUT2D eigenvalue weighted by Crippen LogP contribution is -2.11. The summed E-state index contributed by atoms with van der Waals surface area (Å²) in [5.41, 5.74) is 10.9. The molecule has 0 spiro atoms. The second kappa shape index (κ2) is 16.4. The van der Waals surface area contributed by atoms with Gasteiger partial charge in [-0.15, -0.1) is 0 Å².